The fourth-order valence-corrected chi connectivity index (χ4v) is 2.68. The van der Waals surface area contributed by atoms with Crippen LogP contribution in [-0.4, -0.2) is 58.5 Å². The number of guanidine groups is 1. The molecule has 0 bridgehead atoms. The van der Waals surface area contributed by atoms with E-state index in [9.17, 15) is 8.78 Å². The van der Waals surface area contributed by atoms with Crippen molar-refractivity contribution in [3.05, 3.63) is 29.8 Å². The van der Waals surface area contributed by atoms with Crippen LogP contribution in [0.3, 0.4) is 0 Å². The van der Waals surface area contributed by atoms with Crippen LogP contribution in [0.1, 0.15) is 24.8 Å². The third-order valence-electron chi connectivity index (χ3n) is 4.04. The monoisotopic (exact) mass is 513 g/mol. The lowest BCUT2D eigenvalue weighted by Crippen LogP contribution is -2.37. The second-order valence-corrected chi connectivity index (χ2v) is 6.27. The Morgan fingerprint density at radius 2 is 2.21 bits per heavy atom. The van der Waals surface area contributed by atoms with Crippen molar-refractivity contribution in [1.82, 2.24) is 10.6 Å². The topological polar surface area (TPSA) is 64.1 Å². The normalized spacial score (nSPS) is 16.7. The molecule has 6 nitrogen and oxygen atoms in total. The van der Waals surface area contributed by atoms with E-state index >= 15 is 0 Å². The summed E-state index contributed by atoms with van der Waals surface area (Å²) in [5.74, 6) is 1.11. The molecule has 0 aliphatic carbocycles. The van der Waals surface area contributed by atoms with Crippen LogP contribution in [0.15, 0.2) is 29.3 Å². The largest absolute Gasteiger partial charge is 0.488 e. The molecule has 1 unspecified atom stereocenters. The summed E-state index contributed by atoms with van der Waals surface area (Å²) in [6.45, 7) is 2.84. The van der Waals surface area contributed by atoms with Crippen molar-refractivity contribution in [1.29, 1.82) is 0 Å². The number of ether oxygens (including phenoxy) is 3. The van der Waals surface area contributed by atoms with Crippen molar-refractivity contribution in [3.8, 4) is 5.75 Å². The first-order valence-corrected chi connectivity index (χ1v) is 9.31. The van der Waals surface area contributed by atoms with Crippen molar-refractivity contribution in [2.75, 3.05) is 40.0 Å². The maximum atomic E-state index is 12.2. The quantitative estimate of drug-likeness (QED) is 0.206. The van der Waals surface area contributed by atoms with E-state index in [1.165, 1.54) is 0 Å². The molecule has 2 N–H and O–H groups in total. The van der Waals surface area contributed by atoms with E-state index in [1.54, 1.807) is 25.2 Å². The Kier molecular flexibility index (Phi) is 13.1. The molecule has 1 heterocycles. The van der Waals surface area contributed by atoms with Crippen LogP contribution >= 0.6 is 24.0 Å². The standard InChI is InChI=1S/C19H29F2N3O3.HI/c1-22-19(23-8-4-9-25-13-17-7-3-10-26-17)24-12-15-5-2-6-16(11-15)27-14-18(20)21;/h2,5-6,11,17-18H,3-4,7-10,12-14H2,1H3,(H2,22,23,24);1H. The molecule has 9 heteroatoms. The van der Waals surface area contributed by atoms with E-state index in [0.29, 0.717) is 31.5 Å². The molecular weight excluding hydrogens is 483 g/mol. The van der Waals surface area contributed by atoms with Crippen LogP contribution in [0.25, 0.3) is 0 Å². The Balaban J connectivity index is 0.00000392. The third kappa shape index (κ3) is 10.4. The van der Waals surface area contributed by atoms with Gasteiger partial charge in [-0.15, -0.1) is 24.0 Å². The van der Waals surface area contributed by atoms with Crippen molar-refractivity contribution in [3.63, 3.8) is 0 Å². The lowest BCUT2D eigenvalue weighted by Gasteiger charge is -2.13. The average Bonchev–Trinajstić information content (AvgIpc) is 3.19. The molecular formula is C19H30F2IN3O3. The zero-order valence-corrected chi connectivity index (χ0v) is 18.5. The molecule has 1 aromatic carbocycles. The van der Waals surface area contributed by atoms with Crippen LogP contribution in [0.2, 0.25) is 0 Å². The first-order chi connectivity index (χ1) is 13.2. The van der Waals surface area contributed by atoms with Gasteiger partial charge >= 0.3 is 0 Å². The Morgan fingerprint density at radius 3 is 2.93 bits per heavy atom. The number of hydrogen-bond acceptors (Lipinski definition) is 4. The van der Waals surface area contributed by atoms with Gasteiger partial charge in [-0.1, -0.05) is 12.1 Å². The number of benzene rings is 1. The van der Waals surface area contributed by atoms with Gasteiger partial charge in [0.1, 0.15) is 12.4 Å². The predicted molar refractivity (Wildman–Crippen MR) is 116 cm³/mol. The number of rotatable bonds is 11. The molecule has 0 spiro atoms. The highest BCUT2D eigenvalue weighted by molar-refractivity contribution is 14.0. The van der Waals surface area contributed by atoms with Crippen molar-refractivity contribution in [2.45, 2.75) is 38.3 Å². The lowest BCUT2D eigenvalue weighted by molar-refractivity contribution is 0.0168. The van der Waals surface area contributed by atoms with Crippen LogP contribution < -0.4 is 15.4 Å². The number of halogens is 3. The Morgan fingerprint density at radius 1 is 1.36 bits per heavy atom. The van der Waals surface area contributed by atoms with Gasteiger partial charge in [0.2, 0.25) is 0 Å². The van der Waals surface area contributed by atoms with Gasteiger partial charge in [0.15, 0.2) is 5.96 Å². The predicted octanol–water partition coefficient (Wildman–Crippen LogP) is 3.20. The lowest BCUT2D eigenvalue weighted by atomic mass is 10.2. The molecule has 1 aliphatic rings. The SMILES string of the molecule is CN=C(NCCCOCC1CCCO1)NCc1cccc(OCC(F)F)c1.I. The average molecular weight is 513 g/mol. The van der Waals surface area contributed by atoms with Gasteiger partial charge < -0.3 is 24.8 Å². The summed E-state index contributed by atoms with van der Waals surface area (Å²) in [6.07, 6.45) is 0.851. The molecule has 28 heavy (non-hydrogen) atoms. The Bertz CT molecular complexity index is 573. The highest BCUT2D eigenvalue weighted by Crippen LogP contribution is 2.14. The molecule has 1 atom stereocenters. The summed E-state index contributed by atoms with van der Waals surface area (Å²) in [5.41, 5.74) is 0.921. The first-order valence-electron chi connectivity index (χ1n) is 9.31. The molecule has 0 amide bonds. The zero-order chi connectivity index (χ0) is 19.3. The smallest absolute Gasteiger partial charge is 0.272 e. The summed E-state index contributed by atoms with van der Waals surface area (Å²) < 4.78 is 40.6. The summed E-state index contributed by atoms with van der Waals surface area (Å²) in [7, 11) is 1.70. The van der Waals surface area contributed by atoms with Crippen LogP contribution in [0.4, 0.5) is 8.78 Å². The van der Waals surface area contributed by atoms with E-state index in [2.05, 4.69) is 15.6 Å². The first kappa shape index (κ1) is 24.8. The molecule has 160 valence electrons. The van der Waals surface area contributed by atoms with Gasteiger partial charge in [-0.3, -0.25) is 4.99 Å². The summed E-state index contributed by atoms with van der Waals surface area (Å²) in [5, 5.41) is 6.41. The number of hydrogen-bond donors (Lipinski definition) is 2. The van der Waals surface area contributed by atoms with Crippen molar-refractivity contribution in [2.24, 2.45) is 4.99 Å². The second-order valence-electron chi connectivity index (χ2n) is 6.27. The van der Waals surface area contributed by atoms with E-state index in [0.717, 1.165) is 38.0 Å². The summed E-state index contributed by atoms with van der Waals surface area (Å²) in [6, 6.07) is 7.07. The maximum absolute atomic E-state index is 12.2. The van der Waals surface area contributed by atoms with Crippen molar-refractivity contribution >= 4 is 29.9 Å². The number of nitrogens with zero attached hydrogens (tertiary/aromatic N) is 1. The second kappa shape index (κ2) is 14.7. The van der Waals surface area contributed by atoms with Gasteiger partial charge in [-0.25, -0.2) is 8.78 Å². The minimum atomic E-state index is -2.48. The fourth-order valence-electron chi connectivity index (χ4n) is 2.68. The minimum absolute atomic E-state index is 0. The minimum Gasteiger partial charge on any atom is -0.488 e. The number of alkyl halides is 2. The molecule has 2 rings (SSSR count). The zero-order valence-electron chi connectivity index (χ0n) is 16.2. The molecule has 0 saturated carbocycles. The van der Waals surface area contributed by atoms with E-state index in [1.807, 2.05) is 6.07 Å². The Hall–Kier alpha value is -1.20. The molecule has 0 radical (unpaired) electrons. The summed E-state index contributed by atoms with van der Waals surface area (Å²) in [4.78, 5) is 4.17. The van der Waals surface area contributed by atoms with Gasteiger partial charge in [-0.2, -0.15) is 0 Å². The maximum Gasteiger partial charge on any atom is 0.272 e. The molecule has 1 fully saturated rings. The van der Waals surface area contributed by atoms with Gasteiger partial charge in [0, 0.05) is 33.4 Å². The molecule has 1 saturated heterocycles. The van der Waals surface area contributed by atoms with Gasteiger partial charge in [-0.05, 0) is 37.0 Å². The van der Waals surface area contributed by atoms with E-state index in [4.69, 9.17) is 14.2 Å². The van der Waals surface area contributed by atoms with Crippen LogP contribution in [0, 0.1) is 0 Å². The molecule has 1 aliphatic heterocycles. The molecule has 0 aromatic heterocycles. The highest BCUT2D eigenvalue weighted by atomic mass is 127. The number of nitrogens with one attached hydrogen (secondary N) is 2. The number of aliphatic imine (C=N–C) groups is 1. The van der Waals surface area contributed by atoms with Crippen LogP contribution in [0.5, 0.6) is 5.75 Å². The molecule has 1 aromatic rings. The fraction of sp³-hybridized carbons (Fsp3) is 0.632. The summed E-state index contributed by atoms with van der Waals surface area (Å²) >= 11 is 0. The Labute approximate surface area is 182 Å². The van der Waals surface area contributed by atoms with Crippen molar-refractivity contribution < 1.29 is 23.0 Å². The van der Waals surface area contributed by atoms with Crippen LogP contribution in [-0.2, 0) is 16.0 Å². The van der Waals surface area contributed by atoms with E-state index in [-0.39, 0.29) is 30.1 Å². The van der Waals surface area contributed by atoms with Gasteiger partial charge in [0.05, 0.1) is 12.7 Å². The van der Waals surface area contributed by atoms with Gasteiger partial charge in [0.25, 0.3) is 6.43 Å². The third-order valence-corrected chi connectivity index (χ3v) is 4.04. The van der Waals surface area contributed by atoms with E-state index < -0.39 is 13.0 Å². The highest BCUT2D eigenvalue weighted by Gasteiger charge is 2.14.